The van der Waals surface area contributed by atoms with Crippen molar-refractivity contribution in [2.45, 2.75) is 51.9 Å². The largest absolute Gasteiger partial charge is 0.300 e. The van der Waals surface area contributed by atoms with Crippen LogP contribution >= 0.6 is 7.92 Å². The summed E-state index contributed by atoms with van der Waals surface area (Å²) in [6.45, 7) is 9.24. The van der Waals surface area contributed by atoms with Crippen LogP contribution in [-0.2, 0) is 4.79 Å². The molecule has 160 valence electrons. The average Bonchev–Trinajstić information content (AvgIpc) is 2.79. The lowest BCUT2D eigenvalue weighted by Gasteiger charge is -2.44. The van der Waals surface area contributed by atoms with E-state index in [1.54, 1.807) is 0 Å². The Labute approximate surface area is 188 Å². The number of carbonyl (C=O) groups is 1. The number of benzene rings is 3. The van der Waals surface area contributed by atoms with Crippen molar-refractivity contribution in [1.29, 1.82) is 0 Å². The van der Waals surface area contributed by atoms with Crippen LogP contribution in [-0.4, -0.2) is 17.1 Å². The van der Waals surface area contributed by atoms with Gasteiger partial charge in [-0.3, -0.25) is 4.79 Å². The molecule has 2 atom stereocenters. The first kappa shape index (κ1) is 22.0. The Morgan fingerprint density at radius 1 is 0.645 bits per heavy atom. The van der Waals surface area contributed by atoms with Gasteiger partial charge in [0.15, 0.2) is 0 Å². The summed E-state index contributed by atoms with van der Waals surface area (Å²) in [7, 11) is -0.509. The number of rotatable bonds is 5. The summed E-state index contributed by atoms with van der Waals surface area (Å²) in [5, 5.41) is 1.50. The summed E-state index contributed by atoms with van der Waals surface area (Å²) < 4.78 is 0. The fraction of sp³-hybridized carbons (Fsp3) is 0.345. The van der Waals surface area contributed by atoms with Crippen LogP contribution in [0.15, 0.2) is 78.9 Å². The molecular weight excluding hydrogens is 395 g/mol. The molecular formula is C29H33OP. The SMILES string of the molecule is CC(C)C1CC(=O)CC(C(C)C)P1c1c(-c2ccccc2)cccc1-c1ccccc1. The Morgan fingerprint density at radius 2 is 1.06 bits per heavy atom. The smallest absolute Gasteiger partial charge is 0.134 e. The second-order valence-corrected chi connectivity index (χ2v) is 12.0. The quantitative estimate of drug-likeness (QED) is 0.384. The van der Waals surface area contributed by atoms with Crippen LogP contribution in [0, 0.1) is 11.8 Å². The van der Waals surface area contributed by atoms with Gasteiger partial charge < -0.3 is 0 Å². The fourth-order valence-electron chi connectivity index (χ4n) is 4.96. The van der Waals surface area contributed by atoms with Crippen molar-refractivity contribution in [3.63, 3.8) is 0 Å². The highest BCUT2D eigenvalue weighted by molar-refractivity contribution is 7.68. The van der Waals surface area contributed by atoms with Crippen molar-refractivity contribution >= 4 is 19.0 Å². The van der Waals surface area contributed by atoms with Crippen LogP contribution in [0.5, 0.6) is 0 Å². The Balaban J connectivity index is 2.01. The zero-order valence-electron chi connectivity index (χ0n) is 19.1. The molecule has 3 aromatic carbocycles. The van der Waals surface area contributed by atoms with Gasteiger partial charge in [0.1, 0.15) is 5.78 Å². The molecule has 0 saturated carbocycles. The molecule has 1 saturated heterocycles. The van der Waals surface area contributed by atoms with E-state index in [1.165, 1.54) is 27.6 Å². The minimum atomic E-state index is -0.509. The van der Waals surface area contributed by atoms with Gasteiger partial charge in [-0.2, -0.15) is 0 Å². The minimum absolute atomic E-state index is 0.427. The molecule has 0 radical (unpaired) electrons. The zero-order valence-corrected chi connectivity index (χ0v) is 20.0. The van der Waals surface area contributed by atoms with E-state index in [4.69, 9.17) is 0 Å². The molecule has 0 N–H and O–H groups in total. The van der Waals surface area contributed by atoms with E-state index in [0.29, 0.717) is 28.9 Å². The molecule has 0 amide bonds. The highest BCUT2D eigenvalue weighted by atomic mass is 31.1. The molecule has 1 heterocycles. The normalized spacial score (nSPS) is 21.6. The Hall–Kier alpha value is -2.24. The standard InChI is InChI=1S/C29H33OP/c1-20(2)27-18-24(30)19-28(21(3)4)31(27)29-25(22-12-7-5-8-13-22)16-11-17-26(29)23-14-9-6-10-15-23/h5-17,20-21,27-28H,18-19H2,1-4H3. The first-order chi connectivity index (χ1) is 15.0. The molecule has 1 nitrogen and oxygen atoms in total. The van der Waals surface area contributed by atoms with Crippen LogP contribution in [0.25, 0.3) is 22.3 Å². The van der Waals surface area contributed by atoms with Gasteiger partial charge in [0.2, 0.25) is 0 Å². The first-order valence-corrected chi connectivity index (χ1v) is 13.0. The van der Waals surface area contributed by atoms with E-state index in [0.717, 1.165) is 12.8 Å². The molecule has 2 unspecified atom stereocenters. The molecule has 2 heteroatoms. The van der Waals surface area contributed by atoms with Crippen molar-refractivity contribution in [1.82, 2.24) is 0 Å². The van der Waals surface area contributed by atoms with Crippen molar-refractivity contribution in [3.05, 3.63) is 78.9 Å². The number of carbonyl (C=O) groups excluding carboxylic acids is 1. The van der Waals surface area contributed by atoms with E-state index in [1.807, 2.05) is 0 Å². The van der Waals surface area contributed by atoms with Crippen LogP contribution in [0.2, 0.25) is 0 Å². The summed E-state index contributed by atoms with van der Waals surface area (Å²) in [4.78, 5) is 12.8. The number of hydrogen-bond acceptors (Lipinski definition) is 1. The monoisotopic (exact) mass is 428 g/mol. The lowest BCUT2D eigenvalue weighted by atomic mass is 9.97. The summed E-state index contributed by atoms with van der Waals surface area (Å²) in [5.41, 5.74) is 6.10. The number of hydrogen-bond donors (Lipinski definition) is 0. The van der Waals surface area contributed by atoms with E-state index >= 15 is 0 Å². The van der Waals surface area contributed by atoms with Gasteiger partial charge in [-0.25, -0.2) is 0 Å². The van der Waals surface area contributed by atoms with Crippen LogP contribution in [0.4, 0.5) is 0 Å². The van der Waals surface area contributed by atoms with Crippen LogP contribution in [0.1, 0.15) is 40.5 Å². The Bertz CT molecular complexity index is 945. The van der Waals surface area contributed by atoms with Gasteiger partial charge in [-0.05, 0) is 50.7 Å². The molecule has 1 fully saturated rings. The third-order valence-electron chi connectivity index (χ3n) is 6.59. The van der Waals surface area contributed by atoms with Gasteiger partial charge in [-0.1, -0.05) is 114 Å². The van der Waals surface area contributed by atoms with Crippen molar-refractivity contribution in [3.8, 4) is 22.3 Å². The average molecular weight is 429 g/mol. The predicted molar refractivity (Wildman–Crippen MR) is 135 cm³/mol. The molecule has 0 spiro atoms. The zero-order chi connectivity index (χ0) is 22.0. The lowest BCUT2D eigenvalue weighted by Crippen LogP contribution is -2.38. The van der Waals surface area contributed by atoms with Gasteiger partial charge in [0.25, 0.3) is 0 Å². The van der Waals surface area contributed by atoms with E-state index in [-0.39, 0.29) is 0 Å². The molecule has 0 aliphatic carbocycles. The molecule has 1 aliphatic heterocycles. The third-order valence-corrected chi connectivity index (χ3v) is 10.6. The Morgan fingerprint density at radius 3 is 1.45 bits per heavy atom. The fourth-order valence-corrected chi connectivity index (χ4v) is 9.17. The highest BCUT2D eigenvalue weighted by Crippen LogP contribution is 2.59. The van der Waals surface area contributed by atoms with Gasteiger partial charge >= 0.3 is 0 Å². The minimum Gasteiger partial charge on any atom is -0.300 e. The summed E-state index contributed by atoms with van der Waals surface area (Å²) in [6, 6.07) is 28.4. The van der Waals surface area contributed by atoms with Crippen LogP contribution in [0.3, 0.4) is 0 Å². The molecule has 31 heavy (non-hydrogen) atoms. The Kier molecular flexibility index (Phi) is 6.73. The second kappa shape index (κ2) is 9.49. The first-order valence-electron chi connectivity index (χ1n) is 11.5. The maximum atomic E-state index is 12.8. The highest BCUT2D eigenvalue weighted by Gasteiger charge is 2.42. The van der Waals surface area contributed by atoms with Crippen molar-refractivity contribution in [2.75, 3.05) is 0 Å². The number of Topliss-reactive ketones (excluding diaryl/α,β-unsaturated/α-hetero) is 1. The topological polar surface area (TPSA) is 17.1 Å². The van der Waals surface area contributed by atoms with Gasteiger partial charge in [0.05, 0.1) is 0 Å². The van der Waals surface area contributed by atoms with Crippen LogP contribution < -0.4 is 5.30 Å². The maximum Gasteiger partial charge on any atom is 0.134 e. The van der Waals surface area contributed by atoms with Gasteiger partial charge in [0, 0.05) is 12.8 Å². The molecule has 4 rings (SSSR count). The number of ketones is 1. The van der Waals surface area contributed by atoms with Crippen molar-refractivity contribution in [2.24, 2.45) is 11.8 Å². The molecule has 3 aromatic rings. The maximum absolute atomic E-state index is 12.8. The predicted octanol–water partition coefficient (Wildman–Crippen LogP) is 7.54. The summed E-state index contributed by atoms with van der Waals surface area (Å²) >= 11 is 0. The van der Waals surface area contributed by atoms with E-state index in [9.17, 15) is 4.79 Å². The third kappa shape index (κ3) is 4.53. The molecule has 1 aliphatic rings. The summed E-state index contributed by atoms with van der Waals surface area (Å²) in [5.74, 6) is 1.43. The van der Waals surface area contributed by atoms with E-state index in [2.05, 4.69) is 107 Å². The second-order valence-electron chi connectivity index (χ2n) is 9.41. The lowest BCUT2D eigenvalue weighted by molar-refractivity contribution is -0.119. The summed E-state index contributed by atoms with van der Waals surface area (Å²) in [6.07, 6.45) is 1.45. The molecule has 0 bridgehead atoms. The van der Waals surface area contributed by atoms with Gasteiger partial charge in [-0.15, -0.1) is 0 Å². The van der Waals surface area contributed by atoms with Crippen molar-refractivity contribution < 1.29 is 4.79 Å². The van der Waals surface area contributed by atoms with E-state index < -0.39 is 7.92 Å². The molecule has 0 aromatic heterocycles.